The van der Waals surface area contributed by atoms with Crippen LogP contribution in [0.5, 0.6) is 0 Å². The lowest BCUT2D eigenvalue weighted by Gasteiger charge is -2.49. The van der Waals surface area contributed by atoms with E-state index in [4.69, 9.17) is 41.9 Å². The molecule has 3 fully saturated rings. The van der Waals surface area contributed by atoms with Gasteiger partial charge in [-0.25, -0.2) is 0 Å². The van der Waals surface area contributed by atoms with Gasteiger partial charge in [0.2, 0.25) is 5.91 Å². The van der Waals surface area contributed by atoms with E-state index in [0.717, 1.165) is 0 Å². The topological polar surface area (TPSA) is 332 Å². The Morgan fingerprint density at radius 3 is 2.05 bits per heavy atom. The van der Waals surface area contributed by atoms with Crippen LogP contribution in [0.1, 0.15) is 12.8 Å². The Balaban J connectivity index is 1.85. The molecule has 18 nitrogen and oxygen atoms in total. The predicted molar refractivity (Wildman–Crippen MR) is 131 cm³/mol. The smallest absolute Gasteiger partial charge is 0.249 e. The number of hydrogen-bond acceptors (Lipinski definition) is 17. The van der Waals surface area contributed by atoms with E-state index in [9.17, 15) is 45.6 Å². The number of nitrogens with two attached hydrogens (primary N) is 4. The molecule has 0 aromatic rings. The van der Waals surface area contributed by atoms with E-state index in [2.05, 4.69) is 5.32 Å². The van der Waals surface area contributed by atoms with Crippen molar-refractivity contribution in [1.29, 1.82) is 0 Å². The SMILES string of the molecule is NCC[C@@H](O)C(=O)N[C@H]1C[C@@H](N)[C@H](OC2O[C@@H](CN)[C@H](O)[C@@H](O)[C@@H]2O)[C@@H](O)[C@@H]1OC1O[C@@H](CO)C(O)[C@@H](N)C1O. The summed E-state index contributed by atoms with van der Waals surface area (Å²) in [7, 11) is 0. The fraction of sp³-hybridized carbons (Fsp3) is 0.955. The first-order valence-electron chi connectivity index (χ1n) is 13.1. The maximum absolute atomic E-state index is 12.6. The van der Waals surface area contributed by atoms with E-state index in [-0.39, 0.29) is 25.9 Å². The molecule has 3 aliphatic rings. The Labute approximate surface area is 229 Å². The maximum Gasteiger partial charge on any atom is 0.249 e. The minimum atomic E-state index is -1.76. The summed E-state index contributed by atoms with van der Waals surface area (Å²) in [6.07, 6.45) is -19.8. The van der Waals surface area contributed by atoms with Crippen LogP contribution in [0.2, 0.25) is 0 Å². The van der Waals surface area contributed by atoms with E-state index >= 15 is 0 Å². The van der Waals surface area contributed by atoms with E-state index in [1.165, 1.54) is 0 Å². The Hall–Kier alpha value is -1.17. The summed E-state index contributed by atoms with van der Waals surface area (Å²) in [5.41, 5.74) is 23.1. The molecule has 234 valence electrons. The molecule has 40 heavy (non-hydrogen) atoms. The van der Waals surface area contributed by atoms with Gasteiger partial charge >= 0.3 is 0 Å². The average molecular weight is 586 g/mol. The second-order valence-corrected chi connectivity index (χ2v) is 10.3. The van der Waals surface area contributed by atoms with Gasteiger partial charge in [0.05, 0.1) is 18.7 Å². The van der Waals surface area contributed by atoms with Gasteiger partial charge in [-0.15, -0.1) is 0 Å². The highest BCUT2D eigenvalue weighted by Gasteiger charge is 2.52. The van der Waals surface area contributed by atoms with Crippen LogP contribution in [0, 0.1) is 0 Å². The molecule has 0 aromatic carbocycles. The van der Waals surface area contributed by atoms with Crippen LogP contribution in [0.25, 0.3) is 0 Å². The number of rotatable bonds is 10. The number of carbonyl (C=O) groups excluding carboxylic acids is 1. The molecular weight excluding hydrogens is 542 g/mol. The lowest BCUT2D eigenvalue weighted by Crippen LogP contribution is -2.69. The first kappa shape index (κ1) is 33.3. The van der Waals surface area contributed by atoms with E-state index < -0.39 is 110 Å². The van der Waals surface area contributed by atoms with Crippen LogP contribution in [-0.2, 0) is 23.7 Å². The molecule has 2 aliphatic heterocycles. The largest absolute Gasteiger partial charge is 0.394 e. The molecular formula is C22H43N5O13. The highest BCUT2D eigenvalue weighted by molar-refractivity contribution is 5.80. The zero-order valence-corrected chi connectivity index (χ0v) is 21.7. The van der Waals surface area contributed by atoms with Gasteiger partial charge in [-0.3, -0.25) is 4.79 Å². The summed E-state index contributed by atoms with van der Waals surface area (Å²) >= 11 is 0. The van der Waals surface area contributed by atoms with E-state index in [1.807, 2.05) is 0 Å². The summed E-state index contributed by atoms with van der Waals surface area (Å²) in [5, 5.41) is 84.9. The zero-order valence-electron chi connectivity index (χ0n) is 21.7. The normalized spacial score (nSPS) is 47.0. The highest BCUT2D eigenvalue weighted by atomic mass is 16.7. The average Bonchev–Trinajstić information content (AvgIpc) is 2.92. The van der Waals surface area contributed by atoms with Crippen molar-refractivity contribution in [3.63, 3.8) is 0 Å². The minimum absolute atomic E-state index is 0.0101. The molecule has 4 unspecified atom stereocenters. The fourth-order valence-corrected chi connectivity index (χ4v) is 5.07. The molecule has 2 heterocycles. The van der Waals surface area contributed by atoms with Crippen LogP contribution in [0.15, 0.2) is 0 Å². The molecule has 0 spiro atoms. The van der Waals surface area contributed by atoms with Gasteiger partial charge in [-0.2, -0.15) is 0 Å². The monoisotopic (exact) mass is 585 g/mol. The van der Waals surface area contributed by atoms with Crippen molar-refractivity contribution in [2.75, 3.05) is 19.7 Å². The van der Waals surface area contributed by atoms with Crippen molar-refractivity contribution in [3.8, 4) is 0 Å². The molecule has 18 heteroatoms. The molecule has 17 N–H and O–H groups in total. The standard InChI is InChI=1S/C22H43N5O13/c23-2-1-8(29)20(36)27-7-3-6(25)18(39-22-16(34)15(33)13(31)9(4-24)37-22)17(35)19(7)40-21-14(32)11(26)12(30)10(5-28)38-21/h6-19,21-22,28-35H,1-5,23-26H2,(H,27,36)/t6-,7+,8-,9+,10+,11-,12?,13+,14?,15-,16+,17-,18+,19-,21?,22?/m1/s1. The predicted octanol–water partition coefficient (Wildman–Crippen LogP) is -8.42. The van der Waals surface area contributed by atoms with Crippen molar-refractivity contribution < 1.29 is 64.6 Å². The number of hydrogen-bond donors (Lipinski definition) is 13. The number of ether oxygens (including phenoxy) is 4. The Morgan fingerprint density at radius 2 is 1.45 bits per heavy atom. The van der Waals surface area contributed by atoms with Gasteiger partial charge in [-0.1, -0.05) is 0 Å². The van der Waals surface area contributed by atoms with Crippen LogP contribution in [0.3, 0.4) is 0 Å². The lowest BCUT2D eigenvalue weighted by atomic mass is 9.83. The summed E-state index contributed by atoms with van der Waals surface area (Å²) in [4.78, 5) is 12.6. The Kier molecular flexibility index (Phi) is 11.9. The van der Waals surface area contributed by atoms with Gasteiger partial charge in [0.25, 0.3) is 0 Å². The van der Waals surface area contributed by atoms with Gasteiger partial charge in [0, 0.05) is 12.6 Å². The quantitative estimate of drug-likeness (QED) is 0.113. The van der Waals surface area contributed by atoms with Crippen LogP contribution in [-0.4, -0.2) is 164 Å². The third kappa shape index (κ3) is 7.06. The zero-order chi connectivity index (χ0) is 29.9. The summed E-state index contributed by atoms with van der Waals surface area (Å²) in [5.74, 6) is -0.845. The number of carbonyl (C=O) groups is 1. The van der Waals surface area contributed by atoms with Crippen molar-refractivity contribution in [2.24, 2.45) is 22.9 Å². The molecule has 2 saturated heterocycles. The first-order valence-corrected chi connectivity index (χ1v) is 13.1. The maximum atomic E-state index is 12.6. The van der Waals surface area contributed by atoms with Crippen LogP contribution in [0.4, 0.5) is 0 Å². The van der Waals surface area contributed by atoms with Crippen molar-refractivity contribution in [3.05, 3.63) is 0 Å². The third-order valence-corrected chi connectivity index (χ3v) is 7.51. The van der Waals surface area contributed by atoms with Gasteiger partial charge in [0.1, 0.15) is 67.1 Å². The molecule has 16 atom stereocenters. The van der Waals surface area contributed by atoms with Crippen molar-refractivity contribution in [1.82, 2.24) is 5.32 Å². The fourth-order valence-electron chi connectivity index (χ4n) is 5.07. The number of aliphatic hydroxyl groups is 8. The number of aliphatic hydroxyl groups excluding tert-OH is 8. The second-order valence-electron chi connectivity index (χ2n) is 10.3. The molecule has 3 rings (SSSR count). The number of amides is 1. The molecule has 0 radical (unpaired) electrons. The highest BCUT2D eigenvalue weighted by Crippen LogP contribution is 2.32. The van der Waals surface area contributed by atoms with Crippen LogP contribution >= 0.6 is 0 Å². The Bertz CT molecular complexity index is 815. The number of nitrogens with one attached hydrogen (secondary N) is 1. The molecule has 1 amide bonds. The summed E-state index contributed by atoms with van der Waals surface area (Å²) in [6.45, 7) is -0.898. The summed E-state index contributed by atoms with van der Waals surface area (Å²) < 4.78 is 22.5. The second kappa shape index (κ2) is 14.3. The third-order valence-electron chi connectivity index (χ3n) is 7.51. The molecule has 0 aromatic heterocycles. The first-order chi connectivity index (χ1) is 18.9. The van der Waals surface area contributed by atoms with Gasteiger partial charge < -0.3 is 88.1 Å². The van der Waals surface area contributed by atoms with Gasteiger partial charge in [-0.05, 0) is 19.4 Å². The van der Waals surface area contributed by atoms with Crippen molar-refractivity contribution >= 4 is 5.91 Å². The van der Waals surface area contributed by atoms with E-state index in [1.54, 1.807) is 0 Å². The molecule has 1 saturated carbocycles. The molecule has 1 aliphatic carbocycles. The minimum Gasteiger partial charge on any atom is -0.394 e. The van der Waals surface area contributed by atoms with Gasteiger partial charge in [0.15, 0.2) is 12.6 Å². The Morgan fingerprint density at radius 1 is 0.850 bits per heavy atom. The lowest BCUT2D eigenvalue weighted by molar-refractivity contribution is -0.332. The van der Waals surface area contributed by atoms with Crippen LogP contribution < -0.4 is 28.3 Å². The van der Waals surface area contributed by atoms with Crippen molar-refractivity contribution in [2.45, 2.75) is 111 Å². The van der Waals surface area contributed by atoms with E-state index in [0.29, 0.717) is 0 Å². The molecule has 0 bridgehead atoms. The summed E-state index contributed by atoms with van der Waals surface area (Å²) in [6, 6.07) is -3.45.